The molecule has 3 aromatic rings. The van der Waals surface area contributed by atoms with Crippen LogP contribution in [-0.2, 0) is 4.79 Å². The fourth-order valence-corrected chi connectivity index (χ4v) is 5.28. The quantitative estimate of drug-likeness (QED) is 0.568. The highest BCUT2D eigenvalue weighted by Gasteiger charge is 2.27. The first-order valence-electron chi connectivity index (χ1n) is 10.2. The maximum Gasteiger partial charge on any atom is 0.223 e. The molecule has 1 amide bonds. The Balaban J connectivity index is 1.32. The van der Waals surface area contributed by atoms with Gasteiger partial charge in [-0.05, 0) is 54.3 Å². The van der Waals surface area contributed by atoms with Crippen molar-refractivity contribution in [3.8, 4) is 10.6 Å². The van der Waals surface area contributed by atoms with Gasteiger partial charge in [0.05, 0.1) is 10.9 Å². The molecule has 0 radical (unpaired) electrons. The van der Waals surface area contributed by atoms with E-state index in [4.69, 9.17) is 0 Å². The minimum atomic E-state index is 0.0731. The van der Waals surface area contributed by atoms with Gasteiger partial charge < -0.3 is 10.2 Å². The first-order valence-corrected chi connectivity index (χ1v) is 12.0. The second kappa shape index (κ2) is 9.50. The molecule has 5 nitrogen and oxygen atoms in total. The SMILES string of the molecule is CCCC(NC(=O)C1CCN(c2ccc(-c3cccs3)nn2)CC1)c1cccs1. The summed E-state index contributed by atoms with van der Waals surface area (Å²) in [5.41, 5.74) is 0.911. The number of anilines is 1. The van der Waals surface area contributed by atoms with Crippen molar-refractivity contribution < 1.29 is 4.79 Å². The fraction of sp³-hybridized carbons (Fsp3) is 0.409. The predicted molar refractivity (Wildman–Crippen MR) is 120 cm³/mol. The molecule has 29 heavy (non-hydrogen) atoms. The van der Waals surface area contributed by atoms with Gasteiger partial charge in [-0.2, -0.15) is 0 Å². The maximum absolute atomic E-state index is 12.8. The molecule has 0 aliphatic carbocycles. The van der Waals surface area contributed by atoms with Crippen molar-refractivity contribution >= 4 is 34.4 Å². The second-order valence-electron chi connectivity index (χ2n) is 7.38. The summed E-state index contributed by atoms with van der Waals surface area (Å²) < 4.78 is 0. The summed E-state index contributed by atoms with van der Waals surface area (Å²) in [5, 5.41) is 16.2. The Morgan fingerprint density at radius 2 is 1.93 bits per heavy atom. The molecule has 1 saturated heterocycles. The standard InChI is InChI=1S/C22H26N4OS2/c1-2-5-17(19-6-3-14-28-19)23-22(27)16-10-12-26(13-11-16)21-9-8-18(24-25-21)20-7-4-15-29-20/h3-4,6-9,14-17H,2,5,10-13H2,1H3,(H,23,27). The summed E-state index contributed by atoms with van der Waals surface area (Å²) in [4.78, 5) is 17.5. The van der Waals surface area contributed by atoms with Crippen molar-refractivity contribution in [2.24, 2.45) is 5.92 Å². The lowest BCUT2D eigenvalue weighted by atomic mass is 9.95. The predicted octanol–water partition coefficient (Wildman–Crippen LogP) is 5.14. The van der Waals surface area contributed by atoms with Crippen LogP contribution in [0.5, 0.6) is 0 Å². The van der Waals surface area contributed by atoms with Crippen LogP contribution in [0.4, 0.5) is 5.82 Å². The number of rotatable bonds is 7. The number of nitrogens with one attached hydrogen (secondary N) is 1. The molecule has 1 aliphatic rings. The normalized spacial score (nSPS) is 16.0. The number of piperidine rings is 1. The smallest absolute Gasteiger partial charge is 0.223 e. The molecule has 1 N–H and O–H groups in total. The van der Waals surface area contributed by atoms with Crippen LogP contribution in [0.15, 0.2) is 47.2 Å². The number of aromatic nitrogens is 2. The Morgan fingerprint density at radius 3 is 2.55 bits per heavy atom. The van der Waals surface area contributed by atoms with Crippen molar-refractivity contribution in [2.45, 2.75) is 38.6 Å². The second-order valence-corrected chi connectivity index (χ2v) is 9.31. The van der Waals surface area contributed by atoms with E-state index in [1.165, 1.54) is 4.88 Å². The summed E-state index contributed by atoms with van der Waals surface area (Å²) in [6.07, 6.45) is 3.74. The molecular weight excluding hydrogens is 400 g/mol. The van der Waals surface area contributed by atoms with E-state index in [2.05, 4.69) is 50.9 Å². The van der Waals surface area contributed by atoms with E-state index in [-0.39, 0.29) is 17.9 Å². The van der Waals surface area contributed by atoms with Gasteiger partial charge in [-0.15, -0.1) is 32.9 Å². The van der Waals surface area contributed by atoms with Crippen molar-refractivity contribution in [2.75, 3.05) is 18.0 Å². The number of carbonyl (C=O) groups excluding carboxylic acids is 1. The summed E-state index contributed by atoms with van der Waals surface area (Å²) in [6, 6.07) is 12.5. The number of nitrogens with zero attached hydrogens (tertiary/aromatic N) is 3. The van der Waals surface area contributed by atoms with E-state index in [0.29, 0.717) is 0 Å². The highest BCUT2D eigenvalue weighted by atomic mass is 32.1. The first-order chi connectivity index (χ1) is 14.2. The zero-order chi connectivity index (χ0) is 20.1. The fourth-order valence-electron chi connectivity index (χ4n) is 3.77. The van der Waals surface area contributed by atoms with Gasteiger partial charge in [-0.25, -0.2) is 0 Å². The molecule has 0 bridgehead atoms. The Labute approximate surface area is 179 Å². The van der Waals surface area contributed by atoms with Crippen molar-refractivity contribution in [3.63, 3.8) is 0 Å². The van der Waals surface area contributed by atoms with Gasteiger partial charge in [0, 0.05) is 23.9 Å². The number of thiophene rings is 2. The summed E-state index contributed by atoms with van der Waals surface area (Å²) >= 11 is 3.39. The molecule has 0 aromatic carbocycles. The summed E-state index contributed by atoms with van der Waals surface area (Å²) in [5.74, 6) is 1.16. The topological polar surface area (TPSA) is 58.1 Å². The van der Waals surface area contributed by atoms with Crippen molar-refractivity contribution in [3.05, 3.63) is 52.0 Å². The highest BCUT2D eigenvalue weighted by molar-refractivity contribution is 7.13. The van der Waals surface area contributed by atoms with Crippen molar-refractivity contribution in [1.29, 1.82) is 0 Å². The van der Waals surface area contributed by atoms with Gasteiger partial charge in [-0.1, -0.05) is 25.5 Å². The highest BCUT2D eigenvalue weighted by Crippen LogP contribution is 2.27. The van der Waals surface area contributed by atoms with Gasteiger partial charge in [0.25, 0.3) is 0 Å². The Hall–Kier alpha value is -2.25. The molecule has 1 aliphatic heterocycles. The lowest BCUT2D eigenvalue weighted by Crippen LogP contribution is -2.41. The van der Waals surface area contributed by atoms with Gasteiger partial charge in [-0.3, -0.25) is 4.79 Å². The van der Waals surface area contributed by atoms with Gasteiger partial charge in [0.15, 0.2) is 5.82 Å². The van der Waals surface area contributed by atoms with E-state index in [1.54, 1.807) is 22.7 Å². The zero-order valence-corrected chi connectivity index (χ0v) is 18.2. The molecule has 4 heterocycles. The Morgan fingerprint density at radius 1 is 1.14 bits per heavy atom. The molecule has 0 spiro atoms. The van der Waals surface area contributed by atoms with Crippen molar-refractivity contribution in [1.82, 2.24) is 15.5 Å². The van der Waals surface area contributed by atoms with Crippen LogP contribution in [0.1, 0.15) is 43.5 Å². The molecule has 1 fully saturated rings. The molecule has 1 atom stereocenters. The molecule has 152 valence electrons. The third-order valence-electron chi connectivity index (χ3n) is 5.39. The van der Waals surface area contributed by atoms with Crippen LogP contribution in [0.25, 0.3) is 10.6 Å². The minimum absolute atomic E-state index is 0.0731. The largest absolute Gasteiger partial charge is 0.355 e. The summed E-state index contributed by atoms with van der Waals surface area (Å²) in [7, 11) is 0. The maximum atomic E-state index is 12.8. The summed E-state index contributed by atoms with van der Waals surface area (Å²) in [6.45, 7) is 3.83. The van der Waals surface area contributed by atoms with Crippen LogP contribution in [0.3, 0.4) is 0 Å². The zero-order valence-electron chi connectivity index (χ0n) is 16.6. The van der Waals surface area contributed by atoms with Gasteiger partial charge >= 0.3 is 0 Å². The monoisotopic (exact) mass is 426 g/mol. The third kappa shape index (κ3) is 4.85. The lowest BCUT2D eigenvalue weighted by molar-refractivity contribution is -0.126. The average Bonchev–Trinajstić information content (AvgIpc) is 3.48. The van der Waals surface area contributed by atoms with Gasteiger partial charge in [0.1, 0.15) is 5.69 Å². The lowest BCUT2D eigenvalue weighted by Gasteiger charge is -2.32. The van der Waals surface area contributed by atoms with Crippen LogP contribution < -0.4 is 10.2 Å². The number of hydrogen-bond acceptors (Lipinski definition) is 6. The van der Waals surface area contributed by atoms with Gasteiger partial charge in [0.2, 0.25) is 5.91 Å². The molecule has 7 heteroatoms. The molecule has 0 saturated carbocycles. The van der Waals surface area contributed by atoms with E-state index >= 15 is 0 Å². The number of amides is 1. The van der Waals surface area contributed by atoms with E-state index in [9.17, 15) is 4.79 Å². The van der Waals surface area contributed by atoms with Crippen LogP contribution in [0, 0.1) is 5.92 Å². The van der Waals surface area contributed by atoms with Crippen LogP contribution in [-0.4, -0.2) is 29.2 Å². The molecule has 1 unspecified atom stereocenters. The van der Waals surface area contributed by atoms with Crippen LogP contribution >= 0.6 is 22.7 Å². The Kier molecular flexibility index (Phi) is 6.56. The van der Waals surface area contributed by atoms with E-state index in [0.717, 1.165) is 55.2 Å². The third-order valence-corrected chi connectivity index (χ3v) is 7.27. The molecule has 4 rings (SSSR count). The first kappa shape index (κ1) is 20.0. The van der Waals surface area contributed by atoms with E-state index in [1.807, 2.05) is 23.6 Å². The molecular formula is C22H26N4OS2. The minimum Gasteiger partial charge on any atom is -0.355 e. The number of carbonyl (C=O) groups is 1. The van der Waals surface area contributed by atoms with E-state index < -0.39 is 0 Å². The van der Waals surface area contributed by atoms with Crippen LogP contribution in [0.2, 0.25) is 0 Å². The Bertz CT molecular complexity index is 886. The number of hydrogen-bond donors (Lipinski definition) is 1. The molecule has 3 aromatic heterocycles. The average molecular weight is 427 g/mol.